The molecular weight excluding hydrogens is 190 g/mol. The first kappa shape index (κ1) is 9.77. The summed E-state index contributed by atoms with van der Waals surface area (Å²) in [7, 11) is 0. The number of hydrogen-bond acceptors (Lipinski definition) is 2. The van der Waals surface area contributed by atoms with E-state index in [1.165, 1.54) is 0 Å². The van der Waals surface area contributed by atoms with Crippen molar-refractivity contribution in [1.82, 2.24) is 4.98 Å². The van der Waals surface area contributed by atoms with E-state index in [2.05, 4.69) is 4.98 Å². The number of aldehydes is 1. The first-order valence-corrected chi connectivity index (χ1v) is 4.97. The fourth-order valence-corrected chi connectivity index (χ4v) is 1.77. The largest absolute Gasteiger partial charge is 0.492 e. The van der Waals surface area contributed by atoms with Crippen molar-refractivity contribution in [3.05, 3.63) is 29.5 Å². The number of H-pyrrole nitrogens is 1. The molecule has 0 radical (unpaired) electrons. The average Bonchev–Trinajstić information content (AvgIpc) is 2.55. The van der Waals surface area contributed by atoms with E-state index in [1.807, 2.05) is 32.0 Å². The summed E-state index contributed by atoms with van der Waals surface area (Å²) in [5.41, 5.74) is 2.50. The lowest BCUT2D eigenvalue weighted by atomic mass is 10.1. The molecular formula is C12H13NO2. The van der Waals surface area contributed by atoms with E-state index >= 15 is 0 Å². The van der Waals surface area contributed by atoms with Crippen LogP contribution in [0.25, 0.3) is 10.9 Å². The van der Waals surface area contributed by atoms with Gasteiger partial charge in [-0.05, 0) is 19.9 Å². The fraction of sp³-hybridized carbons (Fsp3) is 0.250. The number of rotatable bonds is 3. The molecule has 0 aliphatic rings. The number of fused-ring (bicyclic) bond motifs is 1. The van der Waals surface area contributed by atoms with Crippen molar-refractivity contribution in [1.29, 1.82) is 0 Å². The van der Waals surface area contributed by atoms with Crippen molar-refractivity contribution in [2.45, 2.75) is 13.8 Å². The molecule has 0 amide bonds. The Morgan fingerprint density at radius 1 is 1.47 bits per heavy atom. The van der Waals surface area contributed by atoms with Gasteiger partial charge in [0.15, 0.2) is 6.29 Å². The topological polar surface area (TPSA) is 42.1 Å². The maximum absolute atomic E-state index is 10.9. The number of carbonyl (C=O) groups excluding carboxylic acids is 1. The number of benzene rings is 1. The minimum Gasteiger partial charge on any atom is -0.492 e. The van der Waals surface area contributed by atoms with E-state index in [1.54, 1.807) is 0 Å². The van der Waals surface area contributed by atoms with Gasteiger partial charge in [0, 0.05) is 16.6 Å². The lowest BCUT2D eigenvalue weighted by molar-refractivity contribution is 0.112. The Kier molecular flexibility index (Phi) is 2.46. The van der Waals surface area contributed by atoms with E-state index in [0.717, 1.165) is 28.6 Å². The summed E-state index contributed by atoms with van der Waals surface area (Å²) in [6.45, 7) is 4.45. The van der Waals surface area contributed by atoms with Crippen molar-refractivity contribution >= 4 is 17.2 Å². The molecule has 1 aromatic heterocycles. The molecule has 0 aliphatic carbocycles. The molecule has 15 heavy (non-hydrogen) atoms. The van der Waals surface area contributed by atoms with Gasteiger partial charge in [-0.2, -0.15) is 0 Å². The summed E-state index contributed by atoms with van der Waals surface area (Å²) >= 11 is 0. The van der Waals surface area contributed by atoms with Crippen LogP contribution in [0.15, 0.2) is 18.2 Å². The number of para-hydroxylation sites is 1. The SMILES string of the molecule is CCOc1cccc2c(C=O)c(C)[nH]c12. The van der Waals surface area contributed by atoms with Crippen LogP contribution in [0, 0.1) is 6.92 Å². The van der Waals surface area contributed by atoms with Crippen LogP contribution in [0.5, 0.6) is 5.75 Å². The number of ether oxygens (including phenoxy) is 1. The van der Waals surface area contributed by atoms with Crippen LogP contribution >= 0.6 is 0 Å². The van der Waals surface area contributed by atoms with Crippen molar-refractivity contribution < 1.29 is 9.53 Å². The molecule has 0 atom stereocenters. The summed E-state index contributed by atoms with van der Waals surface area (Å²) in [5.74, 6) is 0.797. The number of hydrogen-bond donors (Lipinski definition) is 1. The molecule has 1 aromatic carbocycles. The molecule has 78 valence electrons. The molecule has 3 nitrogen and oxygen atoms in total. The molecule has 0 aliphatic heterocycles. The maximum atomic E-state index is 10.9. The van der Waals surface area contributed by atoms with Crippen LogP contribution in [-0.2, 0) is 0 Å². The Hall–Kier alpha value is -1.77. The van der Waals surface area contributed by atoms with Crippen LogP contribution in [0.1, 0.15) is 23.0 Å². The van der Waals surface area contributed by atoms with Gasteiger partial charge in [0.2, 0.25) is 0 Å². The Bertz CT molecular complexity index is 500. The second-order valence-electron chi connectivity index (χ2n) is 3.39. The van der Waals surface area contributed by atoms with E-state index < -0.39 is 0 Å². The lowest BCUT2D eigenvalue weighted by Crippen LogP contribution is -1.91. The minimum atomic E-state index is 0.619. The zero-order valence-corrected chi connectivity index (χ0v) is 8.83. The van der Waals surface area contributed by atoms with Crippen molar-refractivity contribution in [3.8, 4) is 5.75 Å². The van der Waals surface area contributed by atoms with Gasteiger partial charge in [0.25, 0.3) is 0 Å². The quantitative estimate of drug-likeness (QED) is 0.779. The highest BCUT2D eigenvalue weighted by molar-refractivity contribution is 6.01. The number of aromatic amines is 1. The predicted molar refractivity (Wildman–Crippen MR) is 59.6 cm³/mol. The molecule has 2 aromatic rings. The molecule has 1 N–H and O–H groups in total. The highest BCUT2D eigenvalue weighted by Gasteiger charge is 2.10. The molecule has 0 bridgehead atoms. The van der Waals surface area contributed by atoms with Gasteiger partial charge in [-0.3, -0.25) is 4.79 Å². The zero-order chi connectivity index (χ0) is 10.8. The van der Waals surface area contributed by atoms with Gasteiger partial charge in [0.1, 0.15) is 5.75 Å². The summed E-state index contributed by atoms with van der Waals surface area (Å²) in [6, 6.07) is 5.72. The van der Waals surface area contributed by atoms with E-state index in [0.29, 0.717) is 12.2 Å². The highest BCUT2D eigenvalue weighted by Crippen LogP contribution is 2.28. The Morgan fingerprint density at radius 3 is 2.93 bits per heavy atom. The van der Waals surface area contributed by atoms with E-state index in [4.69, 9.17) is 4.74 Å². The number of carbonyl (C=O) groups is 1. The minimum absolute atomic E-state index is 0.619. The smallest absolute Gasteiger partial charge is 0.152 e. The summed E-state index contributed by atoms with van der Waals surface area (Å²) in [5, 5.41) is 0.924. The molecule has 0 fully saturated rings. The molecule has 0 saturated heterocycles. The third-order valence-corrected chi connectivity index (χ3v) is 2.45. The van der Waals surface area contributed by atoms with Crippen LogP contribution in [0.3, 0.4) is 0 Å². The maximum Gasteiger partial charge on any atom is 0.152 e. The number of nitrogens with one attached hydrogen (secondary N) is 1. The summed E-state index contributed by atoms with van der Waals surface area (Å²) in [6.07, 6.45) is 0.879. The van der Waals surface area contributed by atoms with Gasteiger partial charge in [-0.1, -0.05) is 12.1 Å². The normalized spacial score (nSPS) is 10.5. The standard InChI is InChI=1S/C12H13NO2/c1-3-15-11-6-4-5-9-10(7-14)8(2)13-12(9)11/h4-7,13H,3H2,1-2H3. The summed E-state index contributed by atoms with van der Waals surface area (Å²) < 4.78 is 5.48. The van der Waals surface area contributed by atoms with Crippen LogP contribution in [0.4, 0.5) is 0 Å². The first-order chi connectivity index (χ1) is 7.27. The molecule has 3 heteroatoms. The second kappa shape index (κ2) is 3.77. The van der Waals surface area contributed by atoms with Crippen LogP contribution in [0.2, 0.25) is 0 Å². The monoisotopic (exact) mass is 203 g/mol. The van der Waals surface area contributed by atoms with Gasteiger partial charge in [-0.25, -0.2) is 0 Å². The summed E-state index contributed by atoms with van der Waals surface area (Å²) in [4.78, 5) is 14.1. The van der Waals surface area contributed by atoms with Gasteiger partial charge >= 0.3 is 0 Å². The zero-order valence-electron chi connectivity index (χ0n) is 8.83. The molecule has 0 unspecified atom stereocenters. The lowest BCUT2D eigenvalue weighted by Gasteiger charge is -2.03. The van der Waals surface area contributed by atoms with Crippen molar-refractivity contribution in [2.75, 3.05) is 6.61 Å². The Balaban J connectivity index is 2.71. The van der Waals surface area contributed by atoms with Crippen molar-refractivity contribution in [3.63, 3.8) is 0 Å². The van der Waals surface area contributed by atoms with Crippen LogP contribution < -0.4 is 4.74 Å². The number of aromatic nitrogens is 1. The van der Waals surface area contributed by atoms with Crippen LogP contribution in [-0.4, -0.2) is 17.9 Å². The Morgan fingerprint density at radius 2 is 2.27 bits per heavy atom. The average molecular weight is 203 g/mol. The fourth-order valence-electron chi connectivity index (χ4n) is 1.77. The molecule has 0 spiro atoms. The first-order valence-electron chi connectivity index (χ1n) is 4.97. The number of aryl methyl sites for hydroxylation is 1. The van der Waals surface area contributed by atoms with Gasteiger partial charge in [0.05, 0.1) is 12.1 Å². The van der Waals surface area contributed by atoms with Gasteiger partial charge < -0.3 is 9.72 Å². The van der Waals surface area contributed by atoms with Crippen molar-refractivity contribution in [2.24, 2.45) is 0 Å². The molecule has 1 heterocycles. The predicted octanol–water partition coefficient (Wildman–Crippen LogP) is 2.69. The highest BCUT2D eigenvalue weighted by atomic mass is 16.5. The van der Waals surface area contributed by atoms with E-state index in [-0.39, 0.29) is 0 Å². The van der Waals surface area contributed by atoms with E-state index in [9.17, 15) is 4.79 Å². The third kappa shape index (κ3) is 1.50. The molecule has 0 saturated carbocycles. The molecule has 2 rings (SSSR count). The van der Waals surface area contributed by atoms with Gasteiger partial charge in [-0.15, -0.1) is 0 Å². The second-order valence-corrected chi connectivity index (χ2v) is 3.39. The third-order valence-electron chi connectivity index (χ3n) is 2.45. The Labute approximate surface area is 88.1 Å².